The Morgan fingerprint density at radius 3 is 2.69 bits per heavy atom. The number of pyridine rings is 1. The molecule has 1 aromatic rings. The van der Waals surface area contributed by atoms with Gasteiger partial charge < -0.3 is 4.98 Å². The van der Waals surface area contributed by atoms with E-state index in [9.17, 15) is 13.6 Å². The highest BCUT2D eigenvalue weighted by Crippen LogP contribution is 2.22. The molecule has 0 fully saturated rings. The Labute approximate surface area is 86.0 Å². The van der Waals surface area contributed by atoms with E-state index in [0.717, 1.165) is 0 Å². The van der Waals surface area contributed by atoms with E-state index in [-0.39, 0.29) is 16.0 Å². The van der Waals surface area contributed by atoms with Crippen molar-refractivity contribution < 1.29 is 8.78 Å². The highest BCUT2D eigenvalue weighted by molar-refractivity contribution is 9.08. The monoisotopic (exact) mass is 271 g/mol. The predicted molar refractivity (Wildman–Crippen MR) is 49.7 cm³/mol. The smallest absolute Gasteiger partial charge is 0.269 e. The summed E-state index contributed by atoms with van der Waals surface area (Å²) >= 11 is 8.48. The normalized spacial score (nSPS) is 10.8. The maximum Gasteiger partial charge on any atom is 0.269 e. The molecule has 72 valence electrons. The lowest BCUT2D eigenvalue weighted by molar-refractivity contribution is 0.149. The zero-order valence-electron chi connectivity index (χ0n) is 6.28. The molecule has 13 heavy (non-hydrogen) atoms. The number of nitrogens with one attached hydrogen (secondary N) is 1. The van der Waals surface area contributed by atoms with E-state index in [4.69, 9.17) is 11.6 Å². The minimum atomic E-state index is -2.78. The quantitative estimate of drug-likeness (QED) is 0.652. The van der Waals surface area contributed by atoms with Crippen LogP contribution in [0.15, 0.2) is 10.9 Å². The molecule has 0 amide bonds. The number of hydrogen-bond acceptors (Lipinski definition) is 1. The minimum Gasteiger partial charge on any atom is -0.313 e. The van der Waals surface area contributed by atoms with Crippen LogP contribution in [0.1, 0.15) is 17.6 Å². The maximum absolute atomic E-state index is 12.3. The molecule has 0 aliphatic rings. The highest BCUT2D eigenvalue weighted by Gasteiger charge is 2.17. The zero-order valence-corrected chi connectivity index (χ0v) is 8.62. The van der Waals surface area contributed by atoms with Crippen LogP contribution in [0.25, 0.3) is 0 Å². The molecule has 0 saturated carbocycles. The first-order valence-electron chi connectivity index (χ1n) is 3.32. The molecule has 0 bridgehead atoms. The van der Waals surface area contributed by atoms with Gasteiger partial charge in [0.15, 0.2) is 0 Å². The number of rotatable bonds is 2. The van der Waals surface area contributed by atoms with E-state index in [1.165, 1.54) is 6.07 Å². The molecule has 0 radical (unpaired) electrons. The summed E-state index contributed by atoms with van der Waals surface area (Å²) in [5.74, 6) is 0. The van der Waals surface area contributed by atoms with Gasteiger partial charge in [-0.25, -0.2) is 8.78 Å². The van der Waals surface area contributed by atoms with Crippen LogP contribution in [-0.2, 0) is 5.33 Å². The third kappa shape index (κ3) is 2.28. The van der Waals surface area contributed by atoms with Crippen LogP contribution >= 0.6 is 27.5 Å². The Kier molecular flexibility index (Phi) is 3.44. The van der Waals surface area contributed by atoms with Crippen molar-refractivity contribution in [2.45, 2.75) is 11.8 Å². The summed E-state index contributed by atoms with van der Waals surface area (Å²) in [7, 11) is 0. The number of hydrogen-bond donors (Lipinski definition) is 1. The van der Waals surface area contributed by atoms with E-state index < -0.39 is 17.5 Å². The van der Waals surface area contributed by atoms with Gasteiger partial charge in [-0.2, -0.15) is 0 Å². The highest BCUT2D eigenvalue weighted by atomic mass is 79.9. The second-order valence-corrected chi connectivity index (χ2v) is 3.29. The Morgan fingerprint density at radius 2 is 2.23 bits per heavy atom. The number of halogens is 4. The molecule has 1 aromatic heterocycles. The van der Waals surface area contributed by atoms with Gasteiger partial charge in [0.2, 0.25) is 0 Å². The van der Waals surface area contributed by atoms with Crippen molar-refractivity contribution in [2.75, 3.05) is 0 Å². The van der Waals surface area contributed by atoms with Gasteiger partial charge in [0.25, 0.3) is 12.0 Å². The van der Waals surface area contributed by atoms with Gasteiger partial charge >= 0.3 is 0 Å². The van der Waals surface area contributed by atoms with Crippen molar-refractivity contribution in [1.29, 1.82) is 0 Å². The summed E-state index contributed by atoms with van der Waals surface area (Å²) in [5, 5.41) is 0.236. The van der Waals surface area contributed by atoms with E-state index in [0.29, 0.717) is 0 Å². The van der Waals surface area contributed by atoms with Crippen molar-refractivity contribution >= 4 is 27.5 Å². The fraction of sp³-hybridized carbons (Fsp3) is 0.286. The van der Waals surface area contributed by atoms with Gasteiger partial charge in [0, 0.05) is 5.33 Å². The average molecular weight is 272 g/mol. The van der Waals surface area contributed by atoms with E-state index in [1.807, 2.05) is 0 Å². The number of aromatic nitrogens is 1. The van der Waals surface area contributed by atoms with Crippen LogP contribution in [0.5, 0.6) is 0 Å². The molecule has 0 aliphatic heterocycles. The van der Waals surface area contributed by atoms with Crippen molar-refractivity contribution in [3.63, 3.8) is 0 Å². The molecular weight excluding hydrogens is 267 g/mol. The number of alkyl halides is 3. The lowest BCUT2D eigenvalue weighted by atomic mass is 10.2. The first-order valence-corrected chi connectivity index (χ1v) is 4.82. The Morgan fingerprint density at radius 1 is 1.62 bits per heavy atom. The largest absolute Gasteiger partial charge is 0.313 e. The molecule has 1 heterocycles. The topological polar surface area (TPSA) is 32.9 Å². The second kappa shape index (κ2) is 4.19. The molecular formula is C7H5BrClF2NO. The molecule has 2 nitrogen and oxygen atoms in total. The number of aromatic amines is 1. The molecule has 0 saturated heterocycles. The van der Waals surface area contributed by atoms with Crippen molar-refractivity contribution in [3.8, 4) is 0 Å². The molecule has 0 spiro atoms. The van der Waals surface area contributed by atoms with Gasteiger partial charge in [0.1, 0.15) is 5.15 Å². The zero-order chi connectivity index (χ0) is 10.0. The van der Waals surface area contributed by atoms with Crippen molar-refractivity contribution in [3.05, 3.63) is 32.7 Å². The van der Waals surface area contributed by atoms with Gasteiger partial charge in [-0.1, -0.05) is 27.5 Å². The summed E-state index contributed by atoms with van der Waals surface area (Å²) in [6.07, 6.45) is -2.78. The molecule has 0 aliphatic carbocycles. The van der Waals surface area contributed by atoms with Crippen LogP contribution in [0.2, 0.25) is 5.15 Å². The Bertz CT molecular complexity index is 366. The van der Waals surface area contributed by atoms with Crippen LogP contribution in [0.4, 0.5) is 8.78 Å². The summed E-state index contributed by atoms with van der Waals surface area (Å²) in [6.45, 7) is 0. The fourth-order valence-corrected chi connectivity index (χ4v) is 1.62. The molecule has 1 rings (SSSR count). The molecule has 0 aromatic carbocycles. The van der Waals surface area contributed by atoms with Crippen LogP contribution in [0.3, 0.4) is 0 Å². The van der Waals surface area contributed by atoms with Crippen LogP contribution in [0, 0.1) is 0 Å². The van der Waals surface area contributed by atoms with Gasteiger partial charge in [-0.3, -0.25) is 4.79 Å². The molecule has 0 unspecified atom stereocenters. The van der Waals surface area contributed by atoms with E-state index in [1.54, 1.807) is 0 Å². The SMILES string of the molecule is O=c1[nH]c(Cl)cc(CBr)c1C(F)F. The first kappa shape index (κ1) is 10.7. The molecule has 1 N–H and O–H groups in total. The Balaban J connectivity index is 3.39. The summed E-state index contributed by atoms with van der Waals surface area (Å²) < 4.78 is 24.6. The Hall–Kier alpha value is -0.420. The van der Waals surface area contributed by atoms with Gasteiger partial charge in [-0.15, -0.1) is 0 Å². The third-order valence-electron chi connectivity index (χ3n) is 1.49. The third-order valence-corrected chi connectivity index (χ3v) is 2.29. The minimum absolute atomic E-state index is 0.0591. The van der Waals surface area contributed by atoms with Gasteiger partial charge in [-0.05, 0) is 11.6 Å². The van der Waals surface area contributed by atoms with Gasteiger partial charge in [0.05, 0.1) is 5.56 Å². The lowest BCUT2D eigenvalue weighted by Crippen LogP contribution is -2.15. The van der Waals surface area contributed by atoms with Crippen molar-refractivity contribution in [2.24, 2.45) is 0 Å². The molecule has 0 atom stereocenters. The summed E-state index contributed by atoms with van der Waals surface area (Å²) in [6, 6.07) is 1.30. The first-order chi connectivity index (χ1) is 6.06. The summed E-state index contributed by atoms with van der Waals surface area (Å²) in [4.78, 5) is 13.1. The summed E-state index contributed by atoms with van der Waals surface area (Å²) in [5.41, 5.74) is -1.15. The van der Waals surface area contributed by atoms with E-state index in [2.05, 4.69) is 20.9 Å². The van der Waals surface area contributed by atoms with Crippen LogP contribution in [-0.4, -0.2) is 4.98 Å². The average Bonchev–Trinajstić information content (AvgIpc) is 2.01. The predicted octanol–water partition coefficient (Wildman–Crippen LogP) is 2.86. The standard InChI is InChI=1S/C7H5BrClF2NO/c8-2-3-1-4(9)12-7(13)5(3)6(10)11/h1,6H,2H2,(H,12,13). The fourth-order valence-electron chi connectivity index (χ4n) is 0.938. The van der Waals surface area contributed by atoms with E-state index >= 15 is 0 Å². The maximum atomic E-state index is 12.3. The van der Waals surface area contributed by atoms with Crippen molar-refractivity contribution in [1.82, 2.24) is 4.98 Å². The number of H-pyrrole nitrogens is 1. The second-order valence-electron chi connectivity index (χ2n) is 2.32. The molecule has 6 heteroatoms. The lowest BCUT2D eigenvalue weighted by Gasteiger charge is -2.04. The van der Waals surface area contributed by atoms with Crippen LogP contribution < -0.4 is 5.56 Å².